The van der Waals surface area contributed by atoms with Crippen LogP contribution in [0.25, 0.3) is 0 Å². The molecule has 0 aliphatic heterocycles. The van der Waals surface area contributed by atoms with Crippen molar-refractivity contribution in [1.82, 2.24) is 4.98 Å². The molecule has 72 valence electrons. The summed E-state index contributed by atoms with van der Waals surface area (Å²) in [6.07, 6.45) is 3.28. The molecule has 0 spiro atoms. The van der Waals surface area contributed by atoms with E-state index < -0.39 is 0 Å². The summed E-state index contributed by atoms with van der Waals surface area (Å²) in [7, 11) is 1.97. The first-order chi connectivity index (χ1) is 6.11. The van der Waals surface area contributed by atoms with E-state index in [4.69, 9.17) is 0 Å². The van der Waals surface area contributed by atoms with Crippen LogP contribution in [-0.2, 0) is 0 Å². The van der Waals surface area contributed by atoms with E-state index in [1.54, 1.807) is 13.1 Å². The predicted molar refractivity (Wildman–Crippen MR) is 53.9 cm³/mol. The number of nitrogens with zero attached hydrogens (tertiary/aromatic N) is 2. The van der Waals surface area contributed by atoms with E-state index >= 15 is 0 Å². The molecule has 0 fully saturated rings. The molecule has 1 aromatic rings. The Labute approximate surface area is 79.0 Å². The zero-order valence-corrected chi connectivity index (χ0v) is 8.36. The Morgan fingerprint density at radius 1 is 1.62 bits per heavy atom. The van der Waals surface area contributed by atoms with Crippen LogP contribution in [0.2, 0.25) is 0 Å². The Bertz CT molecular complexity index is 273. The first-order valence-electron chi connectivity index (χ1n) is 4.41. The van der Waals surface area contributed by atoms with Gasteiger partial charge in [-0.15, -0.1) is 0 Å². The van der Waals surface area contributed by atoms with Gasteiger partial charge in [-0.2, -0.15) is 0 Å². The van der Waals surface area contributed by atoms with E-state index in [-0.39, 0.29) is 6.10 Å². The Hall–Kier alpha value is -1.09. The minimum absolute atomic E-state index is 0.308. The summed E-state index contributed by atoms with van der Waals surface area (Å²) in [5.41, 5.74) is 2.25. The number of hydrogen-bond acceptors (Lipinski definition) is 3. The second-order valence-electron chi connectivity index (χ2n) is 3.39. The van der Waals surface area contributed by atoms with Crippen molar-refractivity contribution in [2.24, 2.45) is 0 Å². The number of rotatable bonds is 3. The lowest BCUT2D eigenvalue weighted by Crippen LogP contribution is -2.27. The molecule has 1 heterocycles. The molecule has 0 saturated carbocycles. The number of hydrogen-bond donors (Lipinski definition) is 1. The fourth-order valence-electron chi connectivity index (χ4n) is 1.39. The van der Waals surface area contributed by atoms with Crippen LogP contribution in [0.5, 0.6) is 0 Å². The van der Waals surface area contributed by atoms with Gasteiger partial charge in [-0.25, -0.2) is 0 Å². The van der Waals surface area contributed by atoms with Crippen LogP contribution in [-0.4, -0.2) is 29.8 Å². The zero-order chi connectivity index (χ0) is 9.84. The number of aliphatic hydroxyl groups excluding tert-OH is 1. The third-order valence-corrected chi connectivity index (χ3v) is 1.94. The van der Waals surface area contributed by atoms with Gasteiger partial charge >= 0.3 is 0 Å². The highest BCUT2D eigenvalue weighted by Gasteiger charge is 2.05. The van der Waals surface area contributed by atoms with Crippen molar-refractivity contribution in [2.75, 3.05) is 18.5 Å². The second kappa shape index (κ2) is 4.23. The second-order valence-corrected chi connectivity index (χ2v) is 3.39. The molecule has 13 heavy (non-hydrogen) atoms. The third kappa shape index (κ3) is 2.70. The van der Waals surface area contributed by atoms with Gasteiger partial charge in [0.05, 0.1) is 6.10 Å². The molecular weight excluding hydrogens is 164 g/mol. The van der Waals surface area contributed by atoms with Gasteiger partial charge in [-0.1, -0.05) is 0 Å². The Morgan fingerprint density at radius 2 is 2.31 bits per heavy atom. The quantitative estimate of drug-likeness (QED) is 0.759. The molecule has 0 bridgehead atoms. The lowest BCUT2D eigenvalue weighted by Gasteiger charge is -2.22. The SMILES string of the molecule is Cc1cnccc1N(C)CC(C)O. The summed E-state index contributed by atoms with van der Waals surface area (Å²) in [6, 6.07) is 1.96. The smallest absolute Gasteiger partial charge is 0.0686 e. The maximum atomic E-state index is 9.22. The zero-order valence-electron chi connectivity index (χ0n) is 8.36. The van der Waals surface area contributed by atoms with Crippen molar-refractivity contribution in [3.63, 3.8) is 0 Å². The van der Waals surface area contributed by atoms with Crippen molar-refractivity contribution in [1.29, 1.82) is 0 Å². The fourth-order valence-corrected chi connectivity index (χ4v) is 1.39. The van der Waals surface area contributed by atoms with Crippen LogP contribution >= 0.6 is 0 Å². The lowest BCUT2D eigenvalue weighted by molar-refractivity contribution is 0.201. The van der Waals surface area contributed by atoms with E-state index in [0.29, 0.717) is 6.54 Å². The Balaban J connectivity index is 2.76. The molecular formula is C10H16N2O. The topological polar surface area (TPSA) is 36.4 Å². The molecule has 1 N–H and O–H groups in total. The molecule has 1 rings (SSSR count). The fraction of sp³-hybridized carbons (Fsp3) is 0.500. The number of likely N-dealkylation sites (N-methyl/N-ethyl adjacent to an activating group) is 1. The van der Waals surface area contributed by atoms with E-state index in [1.807, 2.05) is 31.1 Å². The van der Waals surface area contributed by atoms with Crippen molar-refractivity contribution < 1.29 is 5.11 Å². The molecule has 3 heteroatoms. The van der Waals surface area contributed by atoms with Crippen molar-refractivity contribution in [3.8, 4) is 0 Å². The van der Waals surface area contributed by atoms with Crippen molar-refractivity contribution >= 4 is 5.69 Å². The standard InChI is InChI=1S/C10H16N2O/c1-8-6-11-5-4-10(8)12(3)7-9(2)13/h4-6,9,13H,7H2,1-3H3. The van der Waals surface area contributed by atoms with Crippen LogP contribution in [0.15, 0.2) is 18.5 Å². The monoisotopic (exact) mass is 180 g/mol. The molecule has 1 unspecified atom stereocenters. The minimum atomic E-state index is -0.308. The van der Waals surface area contributed by atoms with Gasteiger partial charge in [0.1, 0.15) is 0 Å². The molecule has 0 amide bonds. The van der Waals surface area contributed by atoms with E-state index in [9.17, 15) is 5.11 Å². The molecule has 3 nitrogen and oxygen atoms in total. The molecule has 1 atom stereocenters. The Kier molecular flexibility index (Phi) is 3.25. The molecule has 0 radical (unpaired) electrons. The van der Waals surface area contributed by atoms with Crippen LogP contribution in [0.1, 0.15) is 12.5 Å². The molecule has 0 aromatic carbocycles. The lowest BCUT2D eigenvalue weighted by atomic mass is 10.2. The van der Waals surface area contributed by atoms with Crippen LogP contribution < -0.4 is 4.90 Å². The molecule has 0 aliphatic carbocycles. The highest BCUT2D eigenvalue weighted by Crippen LogP contribution is 2.16. The van der Waals surface area contributed by atoms with Crippen LogP contribution in [0, 0.1) is 6.92 Å². The number of anilines is 1. The highest BCUT2D eigenvalue weighted by atomic mass is 16.3. The normalized spacial score (nSPS) is 12.6. The number of aryl methyl sites for hydroxylation is 1. The molecule has 0 saturated heterocycles. The number of pyridine rings is 1. The summed E-state index contributed by atoms with van der Waals surface area (Å²) in [5.74, 6) is 0. The van der Waals surface area contributed by atoms with Crippen LogP contribution in [0.4, 0.5) is 5.69 Å². The number of aromatic nitrogens is 1. The van der Waals surface area contributed by atoms with Crippen molar-refractivity contribution in [3.05, 3.63) is 24.0 Å². The van der Waals surface area contributed by atoms with Gasteiger partial charge in [-0.3, -0.25) is 4.98 Å². The summed E-state index contributed by atoms with van der Waals surface area (Å²) in [6.45, 7) is 4.44. The summed E-state index contributed by atoms with van der Waals surface area (Å²) in [4.78, 5) is 6.05. The summed E-state index contributed by atoms with van der Waals surface area (Å²) in [5, 5.41) is 9.22. The van der Waals surface area contributed by atoms with E-state index in [2.05, 4.69) is 4.98 Å². The average Bonchev–Trinajstić information content (AvgIpc) is 2.03. The van der Waals surface area contributed by atoms with Crippen LogP contribution in [0.3, 0.4) is 0 Å². The maximum Gasteiger partial charge on any atom is 0.0686 e. The van der Waals surface area contributed by atoms with Gasteiger partial charge in [0.2, 0.25) is 0 Å². The maximum absolute atomic E-state index is 9.22. The molecule has 1 aromatic heterocycles. The number of aliphatic hydroxyl groups is 1. The van der Waals surface area contributed by atoms with Gasteiger partial charge in [0.15, 0.2) is 0 Å². The summed E-state index contributed by atoms with van der Waals surface area (Å²) < 4.78 is 0. The van der Waals surface area contributed by atoms with Crippen molar-refractivity contribution in [2.45, 2.75) is 20.0 Å². The highest BCUT2D eigenvalue weighted by molar-refractivity contribution is 5.50. The molecule has 0 aliphatic rings. The largest absolute Gasteiger partial charge is 0.392 e. The van der Waals surface area contributed by atoms with Gasteiger partial charge in [0, 0.05) is 31.7 Å². The first kappa shape index (κ1) is 9.99. The predicted octanol–water partition coefficient (Wildman–Crippen LogP) is 1.21. The third-order valence-electron chi connectivity index (χ3n) is 1.94. The Morgan fingerprint density at radius 3 is 2.85 bits per heavy atom. The first-order valence-corrected chi connectivity index (χ1v) is 4.41. The van der Waals surface area contributed by atoms with Gasteiger partial charge in [0.25, 0.3) is 0 Å². The van der Waals surface area contributed by atoms with Gasteiger partial charge in [-0.05, 0) is 25.5 Å². The average molecular weight is 180 g/mol. The van der Waals surface area contributed by atoms with E-state index in [0.717, 1.165) is 11.3 Å². The van der Waals surface area contributed by atoms with Gasteiger partial charge < -0.3 is 10.0 Å². The van der Waals surface area contributed by atoms with E-state index in [1.165, 1.54) is 0 Å². The summed E-state index contributed by atoms with van der Waals surface area (Å²) >= 11 is 0. The minimum Gasteiger partial charge on any atom is -0.392 e.